The highest BCUT2D eigenvalue weighted by Gasteiger charge is 2.41. The standard InChI is InChI=1S/C14H18N2O7/c1-15-9(18)4-5-16(14(15)20)13-12(11(19)8(7-17)22-13)23-10-3-2-6-21-10/h4-5,10,12-13,17,19H,2-3,6-7H2,1H3/t10?,12?,13-/m1/s1. The Labute approximate surface area is 130 Å². The molecule has 0 aromatic carbocycles. The number of ether oxygens (including phenoxy) is 3. The second kappa shape index (κ2) is 6.19. The van der Waals surface area contributed by atoms with Gasteiger partial charge in [0.05, 0.1) is 0 Å². The van der Waals surface area contributed by atoms with Crippen molar-refractivity contribution >= 4 is 0 Å². The predicted octanol–water partition coefficient (Wildman–Crippen LogP) is -0.641. The molecule has 23 heavy (non-hydrogen) atoms. The van der Waals surface area contributed by atoms with Gasteiger partial charge in [-0.1, -0.05) is 0 Å². The third-order valence-electron chi connectivity index (χ3n) is 3.90. The van der Waals surface area contributed by atoms with Crippen molar-refractivity contribution in [1.29, 1.82) is 0 Å². The van der Waals surface area contributed by atoms with Crippen molar-refractivity contribution in [3.63, 3.8) is 0 Å². The predicted molar refractivity (Wildman–Crippen MR) is 76.7 cm³/mol. The van der Waals surface area contributed by atoms with Gasteiger partial charge in [-0.25, -0.2) is 4.79 Å². The number of hydrogen-bond donors (Lipinski definition) is 2. The van der Waals surface area contributed by atoms with E-state index in [1.165, 1.54) is 19.3 Å². The molecule has 0 radical (unpaired) electrons. The second-order valence-electron chi connectivity index (χ2n) is 5.38. The van der Waals surface area contributed by atoms with Crippen LogP contribution in [-0.4, -0.2) is 45.0 Å². The Morgan fingerprint density at radius 1 is 1.43 bits per heavy atom. The minimum atomic E-state index is -1.03. The molecule has 0 spiro atoms. The van der Waals surface area contributed by atoms with Crippen LogP contribution in [0, 0.1) is 0 Å². The molecule has 0 aliphatic carbocycles. The summed E-state index contributed by atoms with van der Waals surface area (Å²) in [4.78, 5) is 23.8. The number of rotatable bonds is 4. The largest absolute Gasteiger partial charge is 0.506 e. The smallest absolute Gasteiger partial charge is 0.333 e. The zero-order valence-electron chi connectivity index (χ0n) is 12.5. The number of aliphatic hydroxyl groups excluding tert-OH is 2. The Bertz CT molecular complexity index is 729. The van der Waals surface area contributed by atoms with Gasteiger partial charge >= 0.3 is 5.69 Å². The van der Waals surface area contributed by atoms with Crippen LogP contribution in [0.2, 0.25) is 0 Å². The van der Waals surface area contributed by atoms with Crippen molar-refractivity contribution < 1.29 is 24.4 Å². The summed E-state index contributed by atoms with van der Waals surface area (Å²) in [5.74, 6) is -0.354. The molecule has 0 amide bonds. The molecular weight excluding hydrogens is 308 g/mol. The van der Waals surface area contributed by atoms with Gasteiger partial charge in [-0.05, 0) is 6.42 Å². The Morgan fingerprint density at radius 2 is 2.22 bits per heavy atom. The minimum absolute atomic E-state index is 0.0706. The maximum absolute atomic E-state index is 12.3. The van der Waals surface area contributed by atoms with Gasteiger partial charge in [0.25, 0.3) is 5.56 Å². The van der Waals surface area contributed by atoms with Crippen molar-refractivity contribution in [1.82, 2.24) is 9.13 Å². The number of nitrogens with zero attached hydrogens (tertiary/aromatic N) is 2. The summed E-state index contributed by atoms with van der Waals surface area (Å²) >= 11 is 0. The molecule has 1 fully saturated rings. The fraction of sp³-hybridized carbons (Fsp3) is 0.571. The Morgan fingerprint density at radius 3 is 2.87 bits per heavy atom. The average Bonchev–Trinajstić information content (AvgIpc) is 3.15. The lowest BCUT2D eigenvalue weighted by atomic mass is 10.2. The molecule has 3 rings (SSSR count). The zero-order valence-corrected chi connectivity index (χ0v) is 12.5. The number of aromatic nitrogens is 2. The second-order valence-corrected chi connectivity index (χ2v) is 5.38. The molecule has 126 valence electrons. The summed E-state index contributed by atoms with van der Waals surface area (Å²) in [6, 6.07) is 1.21. The summed E-state index contributed by atoms with van der Waals surface area (Å²) in [7, 11) is 1.34. The number of aliphatic hydroxyl groups is 2. The SMILES string of the molecule is Cn1c(=O)ccn([C@@H]2OC(CO)=C(O)C2OC2CCCO2)c1=O. The molecule has 0 saturated carbocycles. The quantitative estimate of drug-likeness (QED) is 0.757. The van der Waals surface area contributed by atoms with Crippen LogP contribution in [0.3, 0.4) is 0 Å². The molecule has 9 nitrogen and oxygen atoms in total. The monoisotopic (exact) mass is 326 g/mol. The van der Waals surface area contributed by atoms with Gasteiger partial charge in [-0.15, -0.1) is 0 Å². The van der Waals surface area contributed by atoms with Crippen LogP contribution < -0.4 is 11.2 Å². The lowest BCUT2D eigenvalue weighted by molar-refractivity contribution is -0.171. The van der Waals surface area contributed by atoms with E-state index in [0.717, 1.165) is 15.6 Å². The van der Waals surface area contributed by atoms with E-state index in [1.807, 2.05) is 0 Å². The molecule has 3 atom stereocenters. The maximum atomic E-state index is 12.3. The van der Waals surface area contributed by atoms with Crippen molar-refractivity contribution in [3.8, 4) is 0 Å². The fourth-order valence-corrected chi connectivity index (χ4v) is 2.61. The van der Waals surface area contributed by atoms with Gasteiger partial charge in [0.15, 0.2) is 23.9 Å². The zero-order chi connectivity index (χ0) is 16.6. The minimum Gasteiger partial charge on any atom is -0.506 e. The van der Waals surface area contributed by atoms with Crippen molar-refractivity contribution in [2.75, 3.05) is 13.2 Å². The molecule has 1 saturated heterocycles. The summed E-state index contributed by atoms with van der Waals surface area (Å²) < 4.78 is 18.6. The molecule has 9 heteroatoms. The van der Waals surface area contributed by atoms with Crippen LogP contribution in [-0.2, 0) is 21.3 Å². The first-order valence-electron chi connectivity index (χ1n) is 7.27. The third-order valence-corrected chi connectivity index (χ3v) is 3.90. The lowest BCUT2D eigenvalue weighted by Crippen LogP contribution is -2.42. The molecular formula is C14H18N2O7. The Kier molecular flexibility index (Phi) is 4.24. The molecule has 0 bridgehead atoms. The van der Waals surface area contributed by atoms with Crippen LogP contribution in [0.5, 0.6) is 0 Å². The van der Waals surface area contributed by atoms with Crippen LogP contribution in [0.4, 0.5) is 0 Å². The van der Waals surface area contributed by atoms with Crippen molar-refractivity contribution in [3.05, 3.63) is 44.6 Å². The van der Waals surface area contributed by atoms with Gasteiger partial charge in [-0.3, -0.25) is 13.9 Å². The van der Waals surface area contributed by atoms with Gasteiger partial charge in [-0.2, -0.15) is 0 Å². The van der Waals surface area contributed by atoms with Crippen LogP contribution in [0.15, 0.2) is 33.4 Å². The normalized spacial score (nSPS) is 27.5. The van der Waals surface area contributed by atoms with Gasteiger partial charge in [0, 0.05) is 32.3 Å². The summed E-state index contributed by atoms with van der Waals surface area (Å²) in [6.45, 7) is 0.0221. The third kappa shape index (κ3) is 2.78. The lowest BCUT2D eigenvalue weighted by Gasteiger charge is -2.24. The highest BCUT2D eigenvalue weighted by atomic mass is 16.7. The molecule has 1 aromatic rings. The molecule has 3 heterocycles. The average molecular weight is 326 g/mol. The molecule has 2 unspecified atom stereocenters. The molecule has 2 N–H and O–H groups in total. The Balaban J connectivity index is 1.95. The topological polar surface area (TPSA) is 112 Å². The summed E-state index contributed by atoms with van der Waals surface area (Å²) in [5.41, 5.74) is -1.07. The molecule has 2 aliphatic heterocycles. The van der Waals surface area contributed by atoms with E-state index >= 15 is 0 Å². The number of hydrogen-bond acceptors (Lipinski definition) is 7. The van der Waals surface area contributed by atoms with Crippen molar-refractivity contribution in [2.24, 2.45) is 7.05 Å². The summed E-state index contributed by atoms with van der Waals surface area (Å²) in [6.07, 6.45) is 0.215. The van der Waals surface area contributed by atoms with Crippen LogP contribution in [0.1, 0.15) is 19.1 Å². The molecule has 1 aromatic heterocycles. The van der Waals surface area contributed by atoms with E-state index in [0.29, 0.717) is 13.0 Å². The van der Waals surface area contributed by atoms with Gasteiger partial charge in [0.1, 0.15) is 6.61 Å². The van der Waals surface area contributed by atoms with E-state index in [9.17, 15) is 19.8 Å². The highest BCUT2D eigenvalue weighted by molar-refractivity contribution is 5.14. The first kappa shape index (κ1) is 15.8. The van der Waals surface area contributed by atoms with Crippen LogP contribution >= 0.6 is 0 Å². The fourth-order valence-electron chi connectivity index (χ4n) is 2.61. The van der Waals surface area contributed by atoms with Gasteiger partial charge < -0.3 is 24.4 Å². The first-order valence-corrected chi connectivity index (χ1v) is 7.27. The van der Waals surface area contributed by atoms with Gasteiger partial charge in [0.2, 0.25) is 6.23 Å². The summed E-state index contributed by atoms with van der Waals surface area (Å²) in [5, 5.41) is 19.5. The van der Waals surface area contributed by atoms with E-state index in [2.05, 4.69) is 0 Å². The Hall–Kier alpha value is -2.10. The highest BCUT2D eigenvalue weighted by Crippen LogP contribution is 2.34. The first-order chi connectivity index (χ1) is 11.0. The maximum Gasteiger partial charge on any atom is 0.333 e. The van der Waals surface area contributed by atoms with E-state index in [-0.39, 0.29) is 11.5 Å². The molecule has 2 aliphatic rings. The van der Waals surface area contributed by atoms with Crippen LogP contribution in [0.25, 0.3) is 0 Å². The van der Waals surface area contributed by atoms with Crippen molar-refractivity contribution in [2.45, 2.75) is 31.5 Å². The van der Waals surface area contributed by atoms with E-state index < -0.39 is 36.5 Å². The van der Waals surface area contributed by atoms with E-state index in [1.54, 1.807) is 0 Å². The van der Waals surface area contributed by atoms with E-state index in [4.69, 9.17) is 14.2 Å².